The summed E-state index contributed by atoms with van der Waals surface area (Å²) >= 11 is 0. The van der Waals surface area contributed by atoms with Crippen LogP contribution in [0.3, 0.4) is 0 Å². The standard InChI is InChI=1S/2C9H21N.C8H6O4/c2*1-2-3-4-5-6-7-8-9-10;9-7(10)5-1-2-6(4-3-5)8(11)12/h2*2-10H2,1H3;1-4H,(H,9,10)(H,11,12). The Morgan fingerprint density at radius 3 is 1.03 bits per heavy atom. The van der Waals surface area contributed by atoms with Crippen LogP contribution < -0.4 is 11.5 Å². The maximum absolute atomic E-state index is 10.3. The molecule has 1 rings (SSSR count). The van der Waals surface area contributed by atoms with Gasteiger partial charge >= 0.3 is 11.9 Å². The molecule has 0 heterocycles. The van der Waals surface area contributed by atoms with Crippen molar-refractivity contribution in [2.24, 2.45) is 11.5 Å². The molecule has 0 saturated heterocycles. The van der Waals surface area contributed by atoms with E-state index in [0.717, 1.165) is 13.1 Å². The molecule has 6 nitrogen and oxygen atoms in total. The van der Waals surface area contributed by atoms with Crippen molar-refractivity contribution in [2.75, 3.05) is 13.1 Å². The van der Waals surface area contributed by atoms with Crippen LogP contribution in [0, 0.1) is 0 Å². The van der Waals surface area contributed by atoms with Crippen LogP contribution in [0.15, 0.2) is 24.3 Å². The van der Waals surface area contributed by atoms with Crippen LogP contribution in [0.1, 0.15) is 124 Å². The largest absolute Gasteiger partial charge is 0.478 e. The lowest BCUT2D eigenvalue weighted by Gasteiger charge is -1.97. The summed E-state index contributed by atoms with van der Waals surface area (Å²) < 4.78 is 0. The second kappa shape index (κ2) is 25.3. The van der Waals surface area contributed by atoms with Crippen molar-refractivity contribution in [1.29, 1.82) is 0 Å². The third kappa shape index (κ3) is 22.8. The lowest BCUT2D eigenvalue weighted by molar-refractivity contribution is 0.0681. The van der Waals surface area contributed by atoms with Crippen LogP contribution >= 0.6 is 0 Å². The van der Waals surface area contributed by atoms with Crippen LogP contribution in [-0.2, 0) is 0 Å². The Morgan fingerprint density at radius 2 is 0.812 bits per heavy atom. The van der Waals surface area contributed by atoms with Crippen LogP contribution in [0.5, 0.6) is 0 Å². The number of benzene rings is 1. The average Bonchev–Trinajstić information content (AvgIpc) is 2.79. The summed E-state index contributed by atoms with van der Waals surface area (Å²) in [5.41, 5.74) is 10.9. The van der Waals surface area contributed by atoms with Crippen molar-refractivity contribution in [2.45, 2.75) is 104 Å². The Labute approximate surface area is 195 Å². The molecule has 0 atom stereocenters. The monoisotopic (exact) mass is 452 g/mol. The van der Waals surface area contributed by atoms with E-state index in [2.05, 4.69) is 13.8 Å². The molecule has 186 valence electrons. The quantitative estimate of drug-likeness (QED) is 0.213. The molecule has 0 aliphatic rings. The molecule has 0 aromatic heterocycles. The van der Waals surface area contributed by atoms with Crippen LogP contribution in [0.25, 0.3) is 0 Å². The summed E-state index contributed by atoms with van der Waals surface area (Å²) in [7, 11) is 0. The fourth-order valence-corrected chi connectivity index (χ4v) is 2.96. The van der Waals surface area contributed by atoms with Crippen LogP contribution in [-0.4, -0.2) is 35.2 Å². The number of aromatic carboxylic acids is 2. The minimum Gasteiger partial charge on any atom is -0.478 e. The van der Waals surface area contributed by atoms with Crippen molar-refractivity contribution in [3.63, 3.8) is 0 Å². The minimum atomic E-state index is -1.06. The van der Waals surface area contributed by atoms with Gasteiger partial charge < -0.3 is 21.7 Å². The molecule has 32 heavy (non-hydrogen) atoms. The van der Waals surface area contributed by atoms with Gasteiger partial charge in [0.05, 0.1) is 11.1 Å². The fraction of sp³-hybridized carbons (Fsp3) is 0.692. The topological polar surface area (TPSA) is 127 Å². The van der Waals surface area contributed by atoms with Crippen molar-refractivity contribution in [3.05, 3.63) is 35.4 Å². The first-order chi connectivity index (χ1) is 15.4. The van der Waals surface area contributed by atoms with E-state index in [9.17, 15) is 9.59 Å². The molecule has 6 heteroatoms. The highest BCUT2D eigenvalue weighted by molar-refractivity contribution is 5.91. The predicted octanol–water partition coefficient (Wildman–Crippen LogP) is 6.47. The molecule has 0 spiro atoms. The molecule has 0 radical (unpaired) electrons. The first kappa shape index (κ1) is 32.3. The summed E-state index contributed by atoms with van der Waals surface area (Å²) in [5, 5.41) is 16.9. The molecule has 0 aliphatic carbocycles. The lowest BCUT2D eigenvalue weighted by atomic mass is 10.1. The molecule has 1 aromatic rings. The molecule has 0 bridgehead atoms. The number of hydrogen-bond acceptors (Lipinski definition) is 4. The molecule has 0 fully saturated rings. The molecule has 1 aromatic carbocycles. The Hall–Kier alpha value is -1.92. The fourth-order valence-electron chi connectivity index (χ4n) is 2.96. The van der Waals surface area contributed by atoms with Gasteiger partial charge in [-0.3, -0.25) is 0 Å². The number of carbonyl (C=O) groups is 2. The molecule has 6 N–H and O–H groups in total. The van der Waals surface area contributed by atoms with Crippen LogP contribution in [0.2, 0.25) is 0 Å². The Morgan fingerprint density at radius 1 is 0.562 bits per heavy atom. The van der Waals surface area contributed by atoms with Gasteiger partial charge in [-0.15, -0.1) is 0 Å². The third-order valence-electron chi connectivity index (χ3n) is 4.99. The number of rotatable bonds is 16. The first-order valence-corrected chi connectivity index (χ1v) is 12.4. The maximum atomic E-state index is 10.3. The summed E-state index contributed by atoms with van der Waals surface area (Å²) in [6.45, 7) is 6.24. The van der Waals surface area contributed by atoms with E-state index in [1.54, 1.807) is 0 Å². The highest BCUT2D eigenvalue weighted by Crippen LogP contribution is 2.06. The Bertz CT molecular complexity index is 482. The smallest absolute Gasteiger partial charge is 0.335 e. The van der Waals surface area contributed by atoms with Gasteiger partial charge in [-0.25, -0.2) is 9.59 Å². The minimum absolute atomic E-state index is 0.0833. The summed E-state index contributed by atoms with van der Waals surface area (Å²) in [5.74, 6) is -2.13. The Kier molecular flexibility index (Phi) is 25.5. The van der Waals surface area contributed by atoms with Gasteiger partial charge in [0.2, 0.25) is 0 Å². The van der Waals surface area contributed by atoms with E-state index in [-0.39, 0.29) is 11.1 Å². The number of carboxylic acids is 2. The summed E-state index contributed by atoms with van der Waals surface area (Å²) in [6, 6.07) is 5.02. The lowest BCUT2D eigenvalue weighted by Crippen LogP contribution is -1.99. The second-order valence-electron chi connectivity index (χ2n) is 8.01. The normalized spacial score (nSPS) is 9.88. The first-order valence-electron chi connectivity index (χ1n) is 12.4. The molecular formula is C26H48N2O4. The maximum Gasteiger partial charge on any atom is 0.335 e. The SMILES string of the molecule is CCCCCCCCCN.CCCCCCCCCN.O=C(O)c1ccc(C(=O)O)cc1. The van der Waals surface area contributed by atoms with Gasteiger partial charge in [0.15, 0.2) is 0 Å². The number of hydrogen-bond donors (Lipinski definition) is 4. The van der Waals surface area contributed by atoms with Crippen molar-refractivity contribution >= 4 is 11.9 Å². The highest BCUT2D eigenvalue weighted by Gasteiger charge is 2.04. The molecule has 0 saturated carbocycles. The van der Waals surface area contributed by atoms with E-state index < -0.39 is 11.9 Å². The van der Waals surface area contributed by atoms with E-state index in [0.29, 0.717) is 0 Å². The third-order valence-corrected chi connectivity index (χ3v) is 4.99. The average molecular weight is 453 g/mol. The summed E-state index contributed by atoms with van der Waals surface area (Å²) in [6.07, 6.45) is 19.0. The van der Waals surface area contributed by atoms with Crippen molar-refractivity contribution < 1.29 is 19.8 Å². The summed E-state index contributed by atoms with van der Waals surface area (Å²) in [4.78, 5) is 20.7. The molecular weight excluding hydrogens is 404 g/mol. The number of carboxylic acid groups (broad SMARTS) is 2. The zero-order valence-electron chi connectivity index (χ0n) is 20.5. The van der Waals surface area contributed by atoms with Gasteiger partial charge in [-0.2, -0.15) is 0 Å². The molecule has 0 amide bonds. The zero-order valence-corrected chi connectivity index (χ0v) is 20.5. The van der Waals surface area contributed by atoms with Gasteiger partial charge in [0, 0.05) is 0 Å². The van der Waals surface area contributed by atoms with Crippen molar-refractivity contribution in [3.8, 4) is 0 Å². The van der Waals surface area contributed by atoms with Gasteiger partial charge in [0.25, 0.3) is 0 Å². The molecule has 0 aliphatic heterocycles. The van der Waals surface area contributed by atoms with Gasteiger partial charge in [-0.05, 0) is 50.2 Å². The van der Waals surface area contributed by atoms with Gasteiger partial charge in [-0.1, -0.05) is 90.9 Å². The second-order valence-corrected chi connectivity index (χ2v) is 8.01. The van der Waals surface area contributed by atoms with E-state index in [1.807, 2.05) is 0 Å². The van der Waals surface area contributed by atoms with E-state index >= 15 is 0 Å². The van der Waals surface area contributed by atoms with Gasteiger partial charge in [0.1, 0.15) is 0 Å². The highest BCUT2D eigenvalue weighted by atomic mass is 16.4. The number of unbranched alkanes of at least 4 members (excludes halogenated alkanes) is 12. The van der Waals surface area contributed by atoms with Crippen LogP contribution in [0.4, 0.5) is 0 Å². The van der Waals surface area contributed by atoms with Crippen molar-refractivity contribution in [1.82, 2.24) is 0 Å². The predicted molar refractivity (Wildman–Crippen MR) is 134 cm³/mol. The Balaban J connectivity index is 0. The number of nitrogens with two attached hydrogens (primary N) is 2. The van der Waals surface area contributed by atoms with E-state index in [4.69, 9.17) is 21.7 Å². The zero-order chi connectivity index (χ0) is 24.5. The van der Waals surface area contributed by atoms with E-state index in [1.165, 1.54) is 114 Å². The molecule has 0 unspecified atom stereocenters.